The van der Waals surface area contributed by atoms with Gasteiger partial charge in [-0.2, -0.15) is 5.26 Å². The second-order valence-electron chi connectivity index (χ2n) is 6.89. The van der Waals surface area contributed by atoms with Gasteiger partial charge in [0.15, 0.2) is 0 Å². The van der Waals surface area contributed by atoms with E-state index in [9.17, 15) is 0 Å². The molecule has 0 N–H and O–H groups in total. The highest BCUT2D eigenvalue weighted by atomic mass is 16.5. The first-order valence-electron chi connectivity index (χ1n) is 9.89. The third-order valence-corrected chi connectivity index (χ3v) is 4.98. The number of rotatable bonds is 8. The summed E-state index contributed by atoms with van der Waals surface area (Å²) in [6.07, 6.45) is 6.70. The van der Waals surface area contributed by atoms with Gasteiger partial charge in [0.2, 0.25) is 0 Å². The van der Waals surface area contributed by atoms with E-state index in [-0.39, 0.29) is 0 Å². The van der Waals surface area contributed by atoms with Crippen LogP contribution in [0.25, 0.3) is 0 Å². The number of piperazine rings is 1. The van der Waals surface area contributed by atoms with E-state index in [0.29, 0.717) is 5.69 Å². The lowest BCUT2D eigenvalue weighted by atomic mass is 10.2. The maximum atomic E-state index is 8.86. The van der Waals surface area contributed by atoms with Crippen molar-refractivity contribution in [3.05, 3.63) is 48.3 Å². The molecular formula is C22H28N4O. The van der Waals surface area contributed by atoms with Crippen LogP contribution in [0.3, 0.4) is 0 Å². The molecule has 1 aromatic carbocycles. The number of nitrogens with zero attached hydrogens (tertiary/aromatic N) is 4. The fraction of sp³-hybridized carbons (Fsp3) is 0.455. The average molecular weight is 364 g/mol. The molecule has 27 heavy (non-hydrogen) atoms. The molecule has 0 unspecified atom stereocenters. The van der Waals surface area contributed by atoms with Gasteiger partial charge in [-0.15, -0.1) is 0 Å². The highest BCUT2D eigenvalue weighted by Crippen LogP contribution is 2.23. The quantitative estimate of drug-likeness (QED) is 0.656. The summed E-state index contributed by atoms with van der Waals surface area (Å²) in [4.78, 5) is 8.89. The van der Waals surface area contributed by atoms with Gasteiger partial charge >= 0.3 is 0 Å². The predicted molar refractivity (Wildman–Crippen MR) is 109 cm³/mol. The van der Waals surface area contributed by atoms with Gasteiger partial charge in [0.05, 0.1) is 18.5 Å². The topological polar surface area (TPSA) is 52.4 Å². The van der Waals surface area contributed by atoms with Crippen LogP contribution < -0.4 is 14.5 Å². The summed E-state index contributed by atoms with van der Waals surface area (Å²) in [5.41, 5.74) is 2.79. The zero-order valence-electron chi connectivity index (χ0n) is 16.1. The van der Waals surface area contributed by atoms with Gasteiger partial charge in [-0.1, -0.05) is 26.2 Å². The lowest BCUT2D eigenvalue weighted by molar-refractivity contribution is 0.305. The Morgan fingerprint density at radius 3 is 2.19 bits per heavy atom. The molecule has 1 aromatic heterocycles. The van der Waals surface area contributed by atoms with Crippen molar-refractivity contribution < 1.29 is 4.74 Å². The molecule has 0 spiro atoms. The molecule has 142 valence electrons. The Kier molecular flexibility index (Phi) is 6.92. The number of unbranched alkanes of at least 4 members (excludes halogenated alkanes) is 3. The monoisotopic (exact) mass is 364 g/mol. The van der Waals surface area contributed by atoms with Crippen LogP contribution in [0.1, 0.15) is 38.3 Å². The van der Waals surface area contributed by atoms with Crippen LogP contribution in [0.5, 0.6) is 5.75 Å². The van der Waals surface area contributed by atoms with Crippen molar-refractivity contribution >= 4 is 11.4 Å². The molecule has 1 aliphatic rings. The first kappa shape index (κ1) is 19.0. The van der Waals surface area contributed by atoms with Crippen molar-refractivity contribution in [3.8, 4) is 11.8 Å². The lowest BCUT2D eigenvalue weighted by Gasteiger charge is -2.37. The van der Waals surface area contributed by atoms with Gasteiger partial charge in [0.25, 0.3) is 0 Å². The van der Waals surface area contributed by atoms with Crippen molar-refractivity contribution in [2.75, 3.05) is 42.6 Å². The van der Waals surface area contributed by atoms with Crippen molar-refractivity contribution in [1.82, 2.24) is 4.98 Å². The van der Waals surface area contributed by atoms with Crippen LogP contribution in [0.15, 0.2) is 42.6 Å². The summed E-state index contributed by atoms with van der Waals surface area (Å²) in [5.74, 6) is 0.956. The molecule has 0 amide bonds. The maximum absolute atomic E-state index is 8.86. The zero-order chi connectivity index (χ0) is 18.9. The highest BCUT2D eigenvalue weighted by Gasteiger charge is 2.17. The third kappa shape index (κ3) is 5.37. The van der Waals surface area contributed by atoms with Crippen molar-refractivity contribution in [3.63, 3.8) is 0 Å². The Balaban J connectivity index is 1.47. The number of benzene rings is 1. The van der Waals surface area contributed by atoms with Crippen LogP contribution in [-0.2, 0) is 0 Å². The second-order valence-corrected chi connectivity index (χ2v) is 6.89. The molecule has 1 saturated heterocycles. The van der Waals surface area contributed by atoms with E-state index in [0.717, 1.165) is 50.6 Å². The summed E-state index contributed by atoms with van der Waals surface area (Å²) >= 11 is 0. The Bertz CT molecular complexity index is 728. The largest absolute Gasteiger partial charge is 0.494 e. The van der Waals surface area contributed by atoms with Crippen molar-refractivity contribution in [1.29, 1.82) is 5.26 Å². The number of aromatic nitrogens is 1. The molecule has 0 bridgehead atoms. The molecule has 1 fully saturated rings. The molecular weight excluding hydrogens is 336 g/mol. The van der Waals surface area contributed by atoms with E-state index in [1.807, 2.05) is 6.07 Å². The van der Waals surface area contributed by atoms with Gasteiger partial charge in [-0.05, 0) is 42.8 Å². The number of hydrogen-bond acceptors (Lipinski definition) is 5. The van der Waals surface area contributed by atoms with Crippen molar-refractivity contribution in [2.45, 2.75) is 32.6 Å². The smallest absolute Gasteiger partial charge is 0.140 e. The predicted octanol–water partition coefficient (Wildman–Crippen LogP) is 4.24. The molecule has 3 rings (SSSR count). The van der Waals surface area contributed by atoms with E-state index in [2.05, 4.69) is 52.0 Å². The third-order valence-electron chi connectivity index (χ3n) is 4.98. The molecule has 2 aromatic rings. The van der Waals surface area contributed by atoms with Gasteiger partial charge in [-0.25, -0.2) is 4.98 Å². The van der Waals surface area contributed by atoms with Crippen LogP contribution in [-0.4, -0.2) is 37.8 Å². The summed E-state index contributed by atoms with van der Waals surface area (Å²) < 4.78 is 5.83. The summed E-state index contributed by atoms with van der Waals surface area (Å²) in [6.45, 7) is 6.86. The Labute approximate surface area is 162 Å². The van der Waals surface area contributed by atoms with Crippen molar-refractivity contribution in [2.24, 2.45) is 0 Å². The van der Waals surface area contributed by atoms with E-state index in [4.69, 9.17) is 10.00 Å². The summed E-state index contributed by atoms with van der Waals surface area (Å²) in [5, 5.41) is 8.86. The Morgan fingerprint density at radius 2 is 1.59 bits per heavy atom. The molecule has 5 nitrogen and oxygen atoms in total. The van der Waals surface area contributed by atoms with Gasteiger partial charge in [0.1, 0.15) is 17.5 Å². The van der Waals surface area contributed by atoms with Gasteiger partial charge in [0, 0.05) is 31.9 Å². The normalized spacial score (nSPS) is 14.1. The minimum absolute atomic E-state index is 0.463. The molecule has 0 atom stereocenters. The van der Waals surface area contributed by atoms with Crippen LogP contribution in [0, 0.1) is 11.3 Å². The number of anilines is 2. The SMILES string of the molecule is CCCCCCOc1ccc(N2CCN(c3ccc(C#N)nc3)CC2)cc1. The van der Waals surface area contributed by atoms with Crippen LogP contribution >= 0.6 is 0 Å². The van der Waals surface area contributed by atoms with Crippen LogP contribution in [0.2, 0.25) is 0 Å². The van der Waals surface area contributed by atoms with E-state index >= 15 is 0 Å². The maximum Gasteiger partial charge on any atom is 0.140 e. The van der Waals surface area contributed by atoms with E-state index in [1.54, 1.807) is 12.3 Å². The first-order valence-corrected chi connectivity index (χ1v) is 9.89. The molecule has 0 radical (unpaired) electrons. The Morgan fingerprint density at radius 1 is 0.926 bits per heavy atom. The van der Waals surface area contributed by atoms with Crippen LogP contribution in [0.4, 0.5) is 11.4 Å². The van der Waals surface area contributed by atoms with E-state index < -0.39 is 0 Å². The molecule has 2 heterocycles. The number of ether oxygens (including phenoxy) is 1. The fourth-order valence-electron chi connectivity index (χ4n) is 3.33. The number of pyridine rings is 1. The minimum atomic E-state index is 0.463. The fourth-order valence-corrected chi connectivity index (χ4v) is 3.33. The number of nitriles is 1. The van der Waals surface area contributed by atoms with Gasteiger partial charge in [-0.3, -0.25) is 0 Å². The Hall–Kier alpha value is -2.74. The van der Waals surface area contributed by atoms with Gasteiger partial charge < -0.3 is 14.5 Å². The second kappa shape index (κ2) is 9.82. The molecule has 1 aliphatic heterocycles. The average Bonchev–Trinajstić information content (AvgIpc) is 2.74. The number of hydrogen-bond donors (Lipinski definition) is 0. The van der Waals surface area contributed by atoms with E-state index in [1.165, 1.54) is 24.9 Å². The molecule has 0 aliphatic carbocycles. The minimum Gasteiger partial charge on any atom is -0.494 e. The lowest BCUT2D eigenvalue weighted by Crippen LogP contribution is -2.46. The summed E-state index contributed by atoms with van der Waals surface area (Å²) in [6, 6.07) is 14.3. The molecule has 0 saturated carbocycles. The molecule has 5 heteroatoms. The standard InChI is InChI=1S/C22H28N4O/c1-2-3-4-5-16-27-22-10-8-20(9-11-22)25-12-14-26(15-13-25)21-7-6-19(17-23)24-18-21/h6-11,18H,2-5,12-16H2,1H3. The summed E-state index contributed by atoms with van der Waals surface area (Å²) in [7, 11) is 0. The zero-order valence-corrected chi connectivity index (χ0v) is 16.1. The highest BCUT2D eigenvalue weighted by molar-refractivity contribution is 5.52. The first-order chi connectivity index (χ1) is 13.3.